The van der Waals surface area contributed by atoms with E-state index >= 15 is 0 Å². The fourth-order valence-corrected chi connectivity index (χ4v) is 14.5. The molecule has 0 aliphatic rings. The Hall–Kier alpha value is -1.94. The first kappa shape index (κ1) is 101. The van der Waals surface area contributed by atoms with E-state index in [1.165, 1.54) is 231 Å². The summed E-state index contributed by atoms with van der Waals surface area (Å²) in [5.74, 6) is 1.01. The zero-order valence-corrected chi connectivity index (χ0v) is 69.7. The number of aliphatic hydroxyl groups excluding tert-OH is 1. The van der Waals surface area contributed by atoms with Gasteiger partial charge in [-0.2, -0.15) is 0 Å². The molecule has 612 valence electrons. The highest BCUT2D eigenvalue weighted by Gasteiger charge is 2.30. The Kier molecular flexibility index (Phi) is 71.5. The average molecular weight is 1510 g/mol. The summed E-state index contributed by atoms with van der Waals surface area (Å²) in [7, 11) is -9.93. The Labute approximate surface area is 632 Å². The maximum Gasteiger partial charge on any atom is 0.472 e. The number of carbonyl (C=O) groups is 4. The number of hydrogen-bond donors (Lipinski definition) is 3. The van der Waals surface area contributed by atoms with Crippen molar-refractivity contribution in [3.8, 4) is 0 Å². The molecule has 0 saturated heterocycles. The lowest BCUT2D eigenvalue weighted by molar-refractivity contribution is -0.161. The summed E-state index contributed by atoms with van der Waals surface area (Å²) in [6.07, 6.45) is 61.2. The summed E-state index contributed by atoms with van der Waals surface area (Å²) in [5, 5.41) is 10.7. The molecule has 0 bridgehead atoms. The molecule has 0 rings (SSSR count). The van der Waals surface area contributed by atoms with E-state index in [-0.39, 0.29) is 25.7 Å². The first-order valence-electron chi connectivity index (χ1n) is 43.2. The Morgan fingerprint density at radius 3 is 0.689 bits per heavy atom. The first-order valence-corrected chi connectivity index (χ1v) is 46.2. The van der Waals surface area contributed by atoms with Gasteiger partial charge in [-0.3, -0.25) is 37.3 Å². The molecule has 103 heavy (non-hydrogen) atoms. The molecule has 0 amide bonds. The maximum absolute atomic E-state index is 13.1. The Morgan fingerprint density at radius 2 is 0.466 bits per heavy atom. The van der Waals surface area contributed by atoms with E-state index in [2.05, 4.69) is 55.4 Å². The van der Waals surface area contributed by atoms with E-state index in [1.54, 1.807) is 0 Å². The Balaban J connectivity index is 5.20. The number of aliphatic hydroxyl groups is 1. The number of esters is 4. The maximum atomic E-state index is 13.1. The van der Waals surface area contributed by atoms with Crippen LogP contribution >= 0.6 is 15.6 Å². The van der Waals surface area contributed by atoms with Crippen molar-refractivity contribution in [1.82, 2.24) is 0 Å². The second-order valence-corrected chi connectivity index (χ2v) is 34.8. The third-order valence-corrected chi connectivity index (χ3v) is 21.8. The highest BCUT2D eigenvalue weighted by molar-refractivity contribution is 7.47. The molecule has 0 aromatic carbocycles. The van der Waals surface area contributed by atoms with Gasteiger partial charge < -0.3 is 33.8 Å². The summed E-state index contributed by atoms with van der Waals surface area (Å²) in [6.45, 7) is 14.3. The summed E-state index contributed by atoms with van der Waals surface area (Å²) >= 11 is 0. The first-order chi connectivity index (χ1) is 49.6. The van der Waals surface area contributed by atoms with Gasteiger partial charge in [0.05, 0.1) is 26.4 Å². The monoisotopic (exact) mass is 1510 g/mol. The van der Waals surface area contributed by atoms with Crippen molar-refractivity contribution < 1.29 is 80.2 Å². The van der Waals surface area contributed by atoms with Crippen LogP contribution < -0.4 is 0 Å². The number of phosphoric acid groups is 2. The topological polar surface area (TPSA) is 237 Å². The van der Waals surface area contributed by atoms with Crippen LogP contribution in [-0.4, -0.2) is 96.7 Å². The fraction of sp³-hybridized carbons (Fsp3) is 0.952. The number of ether oxygens (including phenoxy) is 4. The van der Waals surface area contributed by atoms with Gasteiger partial charge in [0.1, 0.15) is 19.3 Å². The van der Waals surface area contributed by atoms with Gasteiger partial charge in [-0.05, 0) is 49.4 Å². The van der Waals surface area contributed by atoms with Crippen molar-refractivity contribution in [2.45, 2.75) is 453 Å². The molecule has 0 fully saturated rings. The van der Waals surface area contributed by atoms with Crippen LogP contribution in [0.4, 0.5) is 0 Å². The Bertz CT molecular complexity index is 2010. The molecule has 6 atom stereocenters. The minimum absolute atomic E-state index is 0.107. The number of rotatable bonds is 81. The van der Waals surface area contributed by atoms with Crippen LogP contribution in [0.15, 0.2) is 0 Å². The second-order valence-electron chi connectivity index (χ2n) is 31.9. The fourth-order valence-electron chi connectivity index (χ4n) is 12.9. The summed E-state index contributed by atoms with van der Waals surface area (Å²) in [6, 6.07) is 0. The molecule has 3 N–H and O–H groups in total. The summed E-state index contributed by atoms with van der Waals surface area (Å²) in [5.41, 5.74) is 0. The van der Waals surface area contributed by atoms with E-state index < -0.39 is 97.5 Å². The molecule has 0 aliphatic heterocycles. The molecule has 0 heterocycles. The SMILES string of the molecule is CCC(C)CCCCCCCCC(=O)OC[C@H](COP(=O)(O)OC[C@H](O)COP(=O)(O)OC[C@@H](COC(=O)CCCCCCCCCCCCC(C)C)OC(=O)CCCCCCCCCCCCCCCCCCCCC(C)C)OC(=O)CCCCCCCCCCCCCCCCCCC(C)C. The summed E-state index contributed by atoms with van der Waals surface area (Å²) in [4.78, 5) is 73.1. The highest BCUT2D eigenvalue weighted by Crippen LogP contribution is 2.45. The lowest BCUT2D eigenvalue weighted by Gasteiger charge is -2.21. The van der Waals surface area contributed by atoms with Crippen molar-refractivity contribution in [3.05, 3.63) is 0 Å². The summed E-state index contributed by atoms with van der Waals surface area (Å²) < 4.78 is 68.8. The smallest absolute Gasteiger partial charge is 0.462 e. The molecule has 0 aromatic heterocycles. The molecular formula is C84H164O17P2. The van der Waals surface area contributed by atoms with Crippen molar-refractivity contribution in [2.75, 3.05) is 39.6 Å². The lowest BCUT2D eigenvalue weighted by Crippen LogP contribution is -2.30. The van der Waals surface area contributed by atoms with Crippen LogP contribution in [0, 0.1) is 23.7 Å². The molecular weight excluding hydrogens is 1340 g/mol. The van der Waals surface area contributed by atoms with Crippen LogP contribution in [0.5, 0.6) is 0 Å². The number of unbranched alkanes of at least 4 members (excludes halogenated alkanes) is 46. The zero-order valence-electron chi connectivity index (χ0n) is 68.0. The normalized spacial score (nSPS) is 14.2. The van der Waals surface area contributed by atoms with Gasteiger partial charge in [-0.15, -0.1) is 0 Å². The molecule has 0 aromatic rings. The van der Waals surface area contributed by atoms with E-state index in [0.29, 0.717) is 25.7 Å². The van der Waals surface area contributed by atoms with Crippen molar-refractivity contribution in [2.24, 2.45) is 23.7 Å². The minimum atomic E-state index is -4.96. The minimum Gasteiger partial charge on any atom is -0.462 e. The molecule has 0 saturated carbocycles. The lowest BCUT2D eigenvalue weighted by atomic mass is 10.00. The molecule has 19 heteroatoms. The van der Waals surface area contributed by atoms with Gasteiger partial charge >= 0.3 is 39.5 Å². The molecule has 0 radical (unpaired) electrons. The molecule has 17 nitrogen and oxygen atoms in total. The number of hydrogen-bond acceptors (Lipinski definition) is 15. The molecule has 0 spiro atoms. The average Bonchev–Trinajstić information content (AvgIpc) is 0.905. The number of carbonyl (C=O) groups excluding carboxylic acids is 4. The van der Waals surface area contributed by atoms with E-state index in [9.17, 15) is 43.2 Å². The standard InChI is InChI=1S/C84H164O17P2/c1-9-77(8)63-55-47-42-43-49-57-65-82(87)95-71-80(101-84(89)67-59-51-41-35-27-23-19-15-14-17-21-25-31-37-45-53-61-75(4)5)73-99-103(92,93)97-69-78(85)68-96-102(90,91)98-72-79(70-94-81(86)64-56-48-39-33-29-28-32-38-46-54-62-76(6)7)100-83(88)66-58-50-40-34-26-22-18-13-11-10-12-16-20-24-30-36-44-52-60-74(2)3/h74-80,85H,9-73H2,1-8H3,(H,90,91)(H,92,93)/t77?,78-,79-,80-/m1/s1. The van der Waals surface area contributed by atoms with Gasteiger partial charge in [-0.1, -0.05) is 383 Å². The predicted molar refractivity (Wildman–Crippen MR) is 423 cm³/mol. The van der Waals surface area contributed by atoms with Crippen LogP contribution in [0.1, 0.15) is 434 Å². The van der Waals surface area contributed by atoms with Gasteiger partial charge in [0.2, 0.25) is 0 Å². The van der Waals surface area contributed by atoms with Gasteiger partial charge in [-0.25, -0.2) is 9.13 Å². The van der Waals surface area contributed by atoms with Crippen LogP contribution in [-0.2, 0) is 65.4 Å². The third kappa shape index (κ3) is 76.6. The van der Waals surface area contributed by atoms with E-state index in [0.717, 1.165) is 120 Å². The van der Waals surface area contributed by atoms with Crippen molar-refractivity contribution >= 4 is 39.5 Å². The molecule has 3 unspecified atom stereocenters. The third-order valence-electron chi connectivity index (χ3n) is 19.9. The Morgan fingerprint density at radius 1 is 0.272 bits per heavy atom. The second kappa shape index (κ2) is 72.9. The van der Waals surface area contributed by atoms with Gasteiger partial charge in [0.25, 0.3) is 0 Å². The van der Waals surface area contributed by atoms with Crippen LogP contribution in [0.2, 0.25) is 0 Å². The van der Waals surface area contributed by atoms with Crippen LogP contribution in [0.3, 0.4) is 0 Å². The largest absolute Gasteiger partial charge is 0.472 e. The van der Waals surface area contributed by atoms with E-state index in [1.807, 2.05) is 0 Å². The predicted octanol–water partition coefficient (Wildman–Crippen LogP) is 25.2. The van der Waals surface area contributed by atoms with E-state index in [4.69, 9.17) is 37.0 Å². The van der Waals surface area contributed by atoms with Crippen molar-refractivity contribution in [1.29, 1.82) is 0 Å². The van der Waals surface area contributed by atoms with Gasteiger partial charge in [0, 0.05) is 25.7 Å². The molecule has 0 aliphatic carbocycles. The quantitative estimate of drug-likeness (QED) is 0.0222. The zero-order chi connectivity index (χ0) is 76.0. The van der Waals surface area contributed by atoms with Crippen molar-refractivity contribution in [3.63, 3.8) is 0 Å². The van der Waals surface area contributed by atoms with Gasteiger partial charge in [0.15, 0.2) is 12.2 Å². The highest BCUT2D eigenvalue weighted by atomic mass is 31.2. The number of phosphoric ester groups is 2. The van der Waals surface area contributed by atoms with Crippen LogP contribution in [0.25, 0.3) is 0 Å².